The smallest absolute Gasteiger partial charge is 0.127 e. The summed E-state index contributed by atoms with van der Waals surface area (Å²) >= 11 is 0. The monoisotopic (exact) mass is 259 g/mol. The molecule has 2 N–H and O–H groups in total. The molecule has 1 unspecified atom stereocenters. The number of fused-ring (bicyclic) bond motifs is 1. The Morgan fingerprint density at radius 2 is 1.89 bits per heavy atom. The molecule has 0 spiro atoms. The number of rotatable bonds is 7. The van der Waals surface area contributed by atoms with Gasteiger partial charge in [-0.15, -0.1) is 0 Å². The molecule has 0 bridgehead atoms. The number of hydrogen-bond acceptors (Lipinski definition) is 3. The lowest BCUT2D eigenvalue weighted by Gasteiger charge is -2.15. The van der Waals surface area contributed by atoms with Gasteiger partial charge in [-0.25, -0.2) is 0 Å². The lowest BCUT2D eigenvalue weighted by Crippen LogP contribution is -2.25. The summed E-state index contributed by atoms with van der Waals surface area (Å²) in [6.07, 6.45) is 0.896. The summed E-state index contributed by atoms with van der Waals surface area (Å²) in [6, 6.07) is 14.3. The molecule has 1 atom stereocenters. The number of nitrogens with two attached hydrogens (primary N) is 1. The van der Waals surface area contributed by atoms with Crippen LogP contribution in [-0.4, -0.2) is 25.9 Å². The Morgan fingerprint density at radius 1 is 1.11 bits per heavy atom. The van der Waals surface area contributed by atoms with Gasteiger partial charge in [0.1, 0.15) is 5.75 Å². The second-order valence-electron chi connectivity index (χ2n) is 4.43. The van der Waals surface area contributed by atoms with Crippen molar-refractivity contribution in [3.8, 4) is 5.75 Å². The first-order valence-corrected chi connectivity index (χ1v) is 6.77. The number of benzene rings is 2. The van der Waals surface area contributed by atoms with Gasteiger partial charge in [-0.1, -0.05) is 36.4 Å². The molecule has 0 aliphatic rings. The minimum absolute atomic E-state index is 0.0833. The summed E-state index contributed by atoms with van der Waals surface area (Å²) in [6.45, 7) is 3.83. The van der Waals surface area contributed by atoms with Crippen LogP contribution in [0, 0.1) is 0 Å². The van der Waals surface area contributed by atoms with Gasteiger partial charge in [0.25, 0.3) is 0 Å². The third-order valence-corrected chi connectivity index (χ3v) is 3.11. The molecule has 3 heteroatoms. The standard InChI is InChI=1S/C16H21NO2/c1-2-18-14(12-17)10-11-19-16-9-5-7-13-6-3-4-8-15(13)16/h3-9,14H,2,10-12,17H2,1H3. The minimum Gasteiger partial charge on any atom is -0.493 e. The van der Waals surface area contributed by atoms with E-state index in [4.69, 9.17) is 15.2 Å². The van der Waals surface area contributed by atoms with E-state index in [1.54, 1.807) is 0 Å². The minimum atomic E-state index is 0.0833. The number of ether oxygens (including phenoxy) is 2. The van der Waals surface area contributed by atoms with E-state index >= 15 is 0 Å². The van der Waals surface area contributed by atoms with Gasteiger partial charge in [-0.3, -0.25) is 0 Å². The maximum absolute atomic E-state index is 5.86. The summed E-state index contributed by atoms with van der Waals surface area (Å²) in [4.78, 5) is 0. The fourth-order valence-electron chi connectivity index (χ4n) is 2.13. The summed E-state index contributed by atoms with van der Waals surface area (Å²) in [5.74, 6) is 0.922. The highest BCUT2D eigenvalue weighted by Gasteiger charge is 2.07. The van der Waals surface area contributed by atoms with Crippen LogP contribution in [0.15, 0.2) is 42.5 Å². The molecule has 0 saturated carbocycles. The fraction of sp³-hybridized carbons (Fsp3) is 0.375. The van der Waals surface area contributed by atoms with E-state index in [0.717, 1.165) is 17.6 Å². The first-order chi connectivity index (χ1) is 9.35. The highest BCUT2D eigenvalue weighted by atomic mass is 16.5. The molecule has 0 radical (unpaired) electrons. The molecular formula is C16H21NO2. The lowest BCUT2D eigenvalue weighted by molar-refractivity contribution is 0.0528. The Kier molecular flexibility index (Phi) is 5.19. The van der Waals surface area contributed by atoms with Crippen molar-refractivity contribution in [1.82, 2.24) is 0 Å². The van der Waals surface area contributed by atoms with Gasteiger partial charge >= 0.3 is 0 Å². The molecule has 0 amide bonds. The molecule has 19 heavy (non-hydrogen) atoms. The molecule has 2 aromatic carbocycles. The van der Waals surface area contributed by atoms with Crippen molar-refractivity contribution >= 4 is 10.8 Å². The van der Waals surface area contributed by atoms with E-state index in [1.807, 2.05) is 31.2 Å². The maximum atomic E-state index is 5.86. The van der Waals surface area contributed by atoms with Gasteiger partial charge in [0.15, 0.2) is 0 Å². The van der Waals surface area contributed by atoms with Gasteiger partial charge in [-0.2, -0.15) is 0 Å². The third-order valence-electron chi connectivity index (χ3n) is 3.11. The van der Waals surface area contributed by atoms with Crippen LogP contribution in [0.25, 0.3) is 10.8 Å². The largest absolute Gasteiger partial charge is 0.493 e. The van der Waals surface area contributed by atoms with Gasteiger partial charge in [0.2, 0.25) is 0 Å². The van der Waals surface area contributed by atoms with Crippen molar-refractivity contribution in [2.24, 2.45) is 5.73 Å². The van der Waals surface area contributed by atoms with Crippen molar-refractivity contribution in [2.45, 2.75) is 19.4 Å². The molecule has 102 valence electrons. The molecule has 0 saturated heterocycles. The van der Waals surface area contributed by atoms with E-state index in [9.17, 15) is 0 Å². The van der Waals surface area contributed by atoms with Crippen LogP contribution in [0.4, 0.5) is 0 Å². The molecule has 0 aliphatic carbocycles. The Balaban J connectivity index is 1.98. The lowest BCUT2D eigenvalue weighted by atomic mass is 10.1. The van der Waals surface area contributed by atoms with Crippen LogP contribution in [0.3, 0.4) is 0 Å². The van der Waals surface area contributed by atoms with E-state index in [1.165, 1.54) is 5.39 Å². The second kappa shape index (κ2) is 7.12. The first kappa shape index (κ1) is 13.8. The van der Waals surface area contributed by atoms with Crippen LogP contribution < -0.4 is 10.5 Å². The van der Waals surface area contributed by atoms with Crippen LogP contribution in [-0.2, 0) is 4.74 Å². The zero-order chi connectivity index (χ0) is 13.5. The summed E-state index contributed by atoms with van der Waals surface area (Å²) in [5.41, 5.74) is 5.65. The van der Waals surface area contributed by atoms with Gasteiger partial charge in [-0.05, 0) is 18.4 Å². The molecule has 3 nitrogen and oxygen atoms in total. The Labute approximate surface area is 114 Å². The highest BCUT2D eigenvalue weighted by Crippen LogP contribution is 2.25. The van der Waals surface area contributed by atoms with Crippen molar-refractivity contribution in [1.29, 1.82) is 0 Å². The maximum Gasteiger partial charge on any atom is 0.127 e. The fourth-order valence-corrected chi connectivity index (χ4v) is 2.13. The van der Waals surface area contributed by atoms with E-state index in [2.05, 4.69) is 18.2 Å². The van der Waals surface area contributed by atoms with Gasteiger partial charge in [0.05, 0.1) is 12.7 Å². The molecule has 0 aromatic heterocycles. The molecule has 0 heterocycles. The molecule has 2 aromatic rings. The molecule has 0 fully saturated rings. The Morgan fingerprint density at radius 3 is 2.68 bits per heavy atom. The quantitative estimate of drug-likeness (QED) is 0.831. The Bertz CT molecular complexity index is 508. The third kappa shape index (κ3) is 3.69. The zero-order valence-corrected chi connectivity index (χ0v) is 11.3. The second-order valence-corrected chi connectivity index (χ2v) is 4.43. The van der Waals surface area contributed by atoms with E-state index in [-0.39, 0.29) is 6.10 Å². The van der Waals surface area contributed by atoms with E-state index < -0.39 is 0 Å². The van der Waals surface area contributed by atoms with Crippen LogP contribution in [0.2, 0.25) is 0 Å². The van der Waals surface area contributed by atoms with Crippen molar-refractivity contribution in [3.63, 3.8) is 0 Å². The molecule has 2 rings (SSSR count). The normalized spacial score (nSPS) is 12.5. The van der Waals surface area contributed by atoms with Crippen LogP contribution in [0.5, 0.6) is 5.75 Å². The average Bonchev–Trinajstić information content (AvgIpc) is 2.46. The Hall–Kier alpha value is -1.58. The predicted molar refractivity (Wildman–Crippen MR) is 78.5 cm³/mol. The van der Waals surface area contributed by atoms with Gasteiger partial charge < -0.3 is 15.2 Å². The van der Waals surface area contributed by atoms with Crippen molar-refractivity contribution < 1.29 is 9.47 Å². The number of hydrogen-bond donors (Lipinski definition) is 1. The SMILES string of the molecule is CCOC(CN)CCOc1cccc2ccccc12. The topological polar surface area (TPSA) is 44.5 Å². The van der Waals surface area contributed by atoms with E-state index in [0.29, 0.717) is 19.8 Å². The molecule has 0 aliphatic heterocycles. The molecular weight excluding hydrogens is 238 g/mol. The van der Waals surface area contributed by atoms with Crippen LogP contribution in [0.1, 0.15) is 13.3 Å². The first-order valence-electron chi connectivity index (χ1n) is 6.77. The van der Waals surface area contributed by atoms with Crippen molar-refractivity contribution in [3.05, 3.63) is 42.5 Å². The highest BCUT2D eigenvalue weighted by molar-refractivity contribution is 5.88. The zero-order valence-electron chi connectivity index (χ0n) is 11.3. The van der Waals surface area contributed by atoms with Gasteiger partial charge in [0, 0.05) is 25.0 Å². The summed E-state index contributed by atoms with van der Waals surface area (Å²) < 4.78 is 11.4. The summed E-state index contributed by atoms with van der Waals surface area (Å²) in [7, 11) is 0. The van der Waals surface area contributed by atoms with Crippen LogP contribution >= 0.6 is 0 Å². The van der Waals surface area contributed by atoms with Crippen molar-refractivity contribution in [2.75, 3.05) is 19.8 Å². The average molecular weight is 259 g/mol. The summed E-state index contributed by atoms with van der Waals surface area (Å²) in [5, 5.41) is 2.34. The predicted octanol–water partition coefficient (Wildman–Crippen LogP) is 2.97.